The number of aliphatic carboxylic acids is 2. The number of alkyl halides is 6. The van der Waals surface area contributed by atoms with Gasteiger partial charge in [-0.05, 0) is 89.7 Å². The summed E-state index contributed by atoms with van der Waals surface area (Å²) in [7, 11) is -4.41. The average Bonchev–Trinajstić information content (AvgIpc) is 3.27. The van der Waals surface area contributed by atoms with Crippen molar-refractivity contribution in [3.05, 3.63) is 148 Å². The van der Waals surface area contributed by atoms with E-state index < -0.39 is 50.8 Å². The summed E-state index contributed by atoms with van der Waals surface area (Å²) in [5, 5.41) is 29.1. The molecule has 0 saturated carbocycles. The topological polar surface area (TPSA) is 199 Å². The maximum atomic E-state index is 14.0. The van der Waals surface area contributed by atoms with Gasteiger partial charge in [0.15, 0.2) is 0 Å². The van der Waals surface area contributed by atoms with Crippen LogP contribution in [-0.2, 0) is 32.6 Å². The van der Waals surface area contributed by atoms with Gasteiger partial charge in [0.05, 0.1) is 9.82 Å². The molecule has 2 heterocycles. The van der Waals surface area contributed by atoms with Crippen molar-refractivity contribution in [2.75, 3.05) is 42.1 Å². The molecule has 2 aliphatic heterocycles. The molecule has 1 amide bonds. The number of benzene rings is 5. The van der Waals surface area contributed by atoms with Gasteiger partial charge in [-0.1, -0.05) is 54.6 Å². The van der Waals surface area contributed by atoms with Crippen LogP contribution in [0.1, 0.15) is 27.9 Å². The number of thioether (sulfide) groups is 1. The number of nitro groups is 1. The predicted molar refractivity (Wildman–Crippen MR) is 234 cm³/mol. The van der Waals surface area contributed by atoms with Crippen LogP contribution < -0.4 is 14.9 Å². The van der Waals surface area contributed by atoms with Gasteiger partial charge in [0.1, 0.15) is 11.5 Å². The normalized spacial score (nSPS) is 14.7. The van der Waals surface area contributed by atoms with Crippen molar-refractivity contribution >= 4 is 56.7 Å². The van der Waals surface area contributed by atoms with Crippen molar-refractivity contribution in [2.24, 2.45) is 0 Å². The van der Waals surface area contributed by atoms with Crippen LogP contribution in [0.2, 0.25) is 0 Å². The molecule has 0 unspecified atom stereocenters. The highest BCUT2D eigenvalue weighted by atomic mass is 32.2. The summed E-state index contributed by atoms with van der Waals surface area (Å²) in [6, 6.07) is 33.6. The van der Waals surface area contributed by atoms with Gasteiger partial charge in [0.25, 0.3) is 21.6 Å². The number of piperazine rings is 1. The molecule has 14 nitrogen and oxygen atoms in total. The van der Waals surface area contributed by atoms with E-state index in [4.69, 9.17) is 19.8 Å². The van der Waals surface area contributed by atoms with E-state index in [0.29, 0.717) is 12.3 Å². The molecule has 5 aromatic rings. The number of nitro benzene ring substituents is 1. The molecule has 1 fully saturated rings. The number of rotatable bonds is 12. The molecule has 5 aromatic carbocycles. The first-order valence-corrected chi connectivity index (χ1v) is 22.3. The second-order valence-corrected chi connectivity index (χ2v) is 17.5. The maximum Gasteiger partial charge on any atom is 0.490 e. The number of amides is 1. The van der Waals surface area contributed by atoms with E-state index in [9.17, 15) is 54.1 Å². The number of nitrogens with zero attached hydrogens (tertiary/aromatic N) is 3. The first kappa shape index (κ1) is 51.3. The Balaban J connectivity index is 0.000000522. The number of sulfonamides is 1. The minimum atomic E-state index is -5.08. The van der Waals surface area contributed by atoms with Crippen molar-refractivity contribution < 1.29 is 68.7 Å². The van der Waals surface area contributed by atoms with Gasteiger partial charge in [-0.2, -0.15) is 26.3 Å². The Morgan fingerprint density at radius 1 is 0.821 bits per heavy atom. The Kier molecular flexibility index (Phi) is 17.0. The molecular weight excluding hydrogens is 940 g/mol. The van der Waals surface area contributed by atoms with Crippen LogP contribution >= 0.6 is 11.8 Å². The molecule has 67 heavy (non-hydrogen) atoms. The van der Waals surface area contributed by atoms with Gasteiger partial charge in [0, 0.05) is 66.7 Å². The number of aryl methyl sites for hydroxylation is 1. The molecule has 0 bridgehead atoms. The van der Waals surface area contributed by atoms with Crippen LogP contribution in [0.25, 0.3) is 11.1 Å². The summed E-state index contributed by atoms with van der Waals surface area (Å²) in [6.07, 6.45) is -8.57. The number of halogens is 7. The zero-order valence-electron chi connectivity index (χ0n) is 34.8. The monoisotopic (exact) mass is 979 g/mol. The molecule has 2 aliphatic rings. The third-order valence-electron chi connectivity index (χ3n) is 10.1. The van der Waals surface area contributed by atoms with Crippen molar-refractivity contribution in [3.63, 3.8) is 0 Å². The number of anilines is 2. The Morgan fingerprint density at radius 2 is 1.48 bits per heavy atom. The highest BCUT2D eigenvalue weighted by Crippen LogP contribution is 2.35. The van der Waals surface area contributed by atoms with Crippen LogP contribution in [0.5, 0.6) is 0 Å². The smallest absolute Gasteiger partial charge is 0.475 e. The number of fused-ring (bicyclic) bond motifs is 3. The van der Waals surface area contributed by atoms with E-state index >= 15 is 0 Å². The molecule has 356 valence electrons. The van der Waals surface area contributed by atoms with E-state index in [1.54, 1.807) is 36.0 Å². The van der Waals surface area contributed by atoms with Crippen LogP contribution in [0.4, 0.5) is 47.8 Å². The average molecular weight is 980 g/mol. The highest BCUT2D eigenvalue weighted by Gasteiger charge is 2.39. The molecule has 4 N–H and O–H groups in total. The summed E-state index contributed by atoms with van der Waals surface area (Å²) < 4.78 is 106. The number of carbonyl (C=O) groups excluding carboxylic acids is 1. The van der Waals surface area contributed by atoms with Crippen LogP contribution in [0, 0.1) is 15.9 Å². The molecule has 23 heteroatoms. The first-order valence-electron chi connectivity index (χ1n) is 19.9. The first-order chi connectivity index (χ1) is 31.5. The number of nitrogens with one attached hydrogen (secondary N) is 2. The standard InChI is InChI=1S/C40H38FN5O5S2.2C2HF3O2/c41-32-9-6-8-28(24-32)36-12-5-4-7-31(36)26-44-20-21-45-33(27-44)15-13-29-23-30(14-18-38(29)45)40(47)43-53(50,51)35-16-17-37(39(25-35)46(48)49)42-19-22-52-34-10-2-1-3-11-34;2*3-2(4,5)1(6)7/h1-12,14,16-18,23-25,33,42H,13,15,19-22,26-27H2,(H,43,47);2*(H,6,7)/t33-;;/m0../s1. The van der Waals surface area contributed by atoms with Gasteiger partial charge in [-0.15, -0.1) is 11.8 Å². The minimum absolute atomic E-state index is 0.191. The minimum Gasteiger partial charge on any atom is -0.475 e. The van der Waals surface area contributed by atoms with Gasteiger partial charge in [0.2, 0.25) is 0 Å². The van der Waals surface area contributed by atoms with Gasteiger partial charge in [-0.3, -0.25) is 19.8 Å². The molecule has 0 radical (unpaired) electrons. The van der Waals surface area contributed by atoms with E-state index in [1.807, 2.05) is 60.7 Å². The number of carboxylic acids is 2. The lowest BCUT2D eigenvalue weighted by molar-refractivity contribution is -0.384. The van der Waals surface area contributed by atoms with E-state index in [1.165, 1.54) is 18.2 Å². The van der Waals surface area contributed by atoms with Gasteiger partial charge in [-0.25, -0.2) is 27.1 Å². The predicted octanol–water partition coefficient (Wildman–Crippen LogP) is 8.63. The Hall–Kier alpha value is -6.72. The van der Waals surface area contributed by atoms with Crippen molar-refractivity contribution in [1.82, 2.24) is 9.62 Å². The van der Waals surface area contributed by atoms with Crippen molar-refractivity contribution in [3.8, 4) is 11.1 Å². The second kappa shape index (κ2) is 22.2. The summed E-state index contributed by atoms with van der Waals surface area (Å²) in [5.74, 6) is -5.94. The SMILES string of the molecule is O=C(NS(=O)(=O)c1ccc(NCCSc2ccccc2)c([N+](=O)[O-])c1)c1ccc2c(c1)CC[C@H]1CN(Cc3ccccc3-c3cccc(F)c3)CCN21.O=C(O)C(F)(F)F.O=C(O)C(F)(F)F. The van der Waals surface area contributed by atoms with E-state index in [0.717, 1.165) is 77.9 Å². The van der Waals surface area contributed by atoms with Crippen molar-refractivity contribution in [1.29, 1.82) is 0 Å². The molecule has 0 aromatic heterocycles. The van der Waals surface area contributed by atoms with Gasteiger partial charge >= 0.3 is 24.3 Å². The number of carbonyl (C=O) groups is 3. The quantitative estimate of drug-likeness (QED) is 0.0305. The number of hydrogen-bond donors (Lipinski definition) is 4. The van der Waals surface area contributed by atoms with Crippen molar-refractivity contribution in [2.45, 2.75) is 47.6 Å². The summed E-state index contributed by atoms with van der Waals surface area (Å²) in [5.41, 5.74) is 5.00. The second-order valence-electron chi connectivity index (χ2n) is 14.7. The van der Waals surface area contributed by atoms with E-state index in [2.05, 4.69) is 25.9 Å². The molecule has 0 aliphatic carbocycles. The lowest BCUT2D eigenvalue weighted by Gasteiger charge is -2.46. The maximum absolute atomic E-state index is 14.0. The summed E-state index contributed by atoms with van der Waals surface area (Å²) >= 11 is 1.59. The third kappa shape index (κ3) is 14.4. The number of carboxylic acid groups (broad SMARTS) is 2. The molecule has 7 rings (SSSR count). The Labute approximate surface area is 382 Å². The lowest BCUT2D eigenvalue weighted by atomic mass is 9.92. The van der Waals surface area contributed by atoms with Crippen LogP contribution in [0.3, 0.4) is 0 Å². The Morgan fingerprint density at radius 3 is 2.12 bits per heavy atom. The fourth-order valence-electron chi connectivity index (χ4n) is 7.08. The van der Waals surface area contributed by atoms with Crippen LogP contribution in [-0.4, -0.2) is 96.6 Å². The van der Waals surface area contributed by atoms with Crippen LogP contribution in [0.15, 0.2) is 125 Å². The lowest BCUT2D eigenvalue weighted by Crippen LogP contribution is -2.54. The largest absolute Gasteiger partial charge is 0.490 e. The molecular formula is C44H40F7N5O9S2. The third-order valence-corrected chi connectivity index (χ3v) is 12.5. The van der Waals surface area contributed by atoms with E-state index in [-0.39, 0.29) is 28.0 Å². The fourth-order valence-corrected chi connectivity index (χ4v) is 8.87. The zero-order chi connectivity index (χ0) is 49.1. The highest BCUT2D eigenvalue weighted by molar-refractivity contribution is 7.99. The zero-order valence-corrected chi connectivity index (χ0v) is 36.4. The number of hydrogen-bond acceptors (Lipinski definition) is 11. The fraction of sp³-hybridized carbons (Fsp3) is 0.250. The molecule has 1 saturated heterocycles. The molecule has 0 spiro atoms. The Bertz CT molecular complexity index is 2670. The molecule has 1 atom stereocenters. The van der Waals surface area contributed by atoms with Gasteiger partial charge < -0.3 is 20.4 Å². The summed E-state index contributed by atoms with van der Waals surface area (Å²) in [4.78, 5) is 47.8. The summed E-state index contributed by atoms with van der Waals surface area (Å²) in [6.45, 7) is 3.62.